The van der Waals surface area contributed by atoms with E-state index in [0.717, 1.165) is 86.8 Å². The van der Waals surface area contributed by atoms with Crippen molar-refractivity contribution in [3.05, 3.63) is 139 Å². The molecule has 2 unspecified atom stereocenters. The highest BCUT2D eigenvalue weighted by atomic mass is 32.1. The van der Waals surface area contributed by atoms with Gasteiger partial charge < -0.3 is 35.9 Å². The van der Waals surface area contributed by atoms with Gasteiger partial charge in [0.1, 0.15) is 11.4 Å². The van der Waals surface area contributed by atoms with Crippen LogP contribution >= 0.6 is 22.7 Å². The third-order valence-electron chi connectivity index (χ3n) is 13.9. The summed E-state index contributed by atoms with van der Waals surface area (Å²) < 4.78 is 0. The largest absolute Gasteiger partial charge is 0.478 e. The predicted octanol–water partition coefficient (Wildman–Crippen LogP) is 8.86. The summed E-state index contributed by atoms with van der Waals surface area (Å²) in [5.41, 5.74) is 16.4. The van der Waals surface area contributed by atoms with Gasteiger partial charge in [0, 0.05) is 100 Å². The van der Waals surface area contributed by atoms with E-state index in [1.807, 2.05) is 31.2 Å². The molecule has 71 heavy (non-hydrogen) atoms. The van der Waals surface area contributed by atoms with Gasteiger partial charge in [-0.05, 0) is 122 Å². The molecule has 2 aromatic carbocycles. The van der Waals surface area contributed by atoms with Gasteiger partial charge in [0.15, 0.2) is 0 Å². The Hall–Kier alpha value is -7.08. The van der Waals surface area contributed by atoms with Crippen molar-refractivity contribution in [2.24, 2.45) is 5.73 Å². The minimum absolute atomic E-state index is 0.0334. The number of hydrogen-bond acceptors (Lipinski definition) is 11. The van der Waals surface area contributed by atoms with E-state index >= 15 is 0 Å². The van der Waals surface area contributed by atoms with Crippen LogP contribution in [0, 0.1) is 13.8 Å². The molecule has 2 atom stereocenters. The quantitative estimate of drug-likeness (QED) is 0.110. The molecular weight excluding hydrogens is 933 g/mol. The molecule has 17 heteroatoms. The number of carboxylic acid groups (broad SMARTS) is 1. The number of nitrogens with two attached hydrogens (primary N) is 1. The van der Waals surface area contributed by atoms with Gasteiger partial charge in [-0.2, -0.15) is 0 Å². The average Bonchev–Trinajstić information content (AvgIpc) is 4.22. The molecule has 2 fully saturated rings. The van der Waals surface area contributed by atoms with Crippen LogP contribution in [-0.4, -0.2) is 107 Å². The maximum atomic E-state index is 13.2. The first kappa shape index (κ1) is 47.6. The second kappa shape index (κ2) is 18.6. The summed E-state index contributed by atoms with van der Waals surface area (Å²) in [5, 5.41) is 16.6. The first-order valence-electron chi connectivity index (χ1n) is 23.9. The van der Waals surface area contributed by atoms with Gasteiger partial charge in [0.2, 0.25) is 0 Å². The predicted molar refractivity (Wildman–Crippen MR) is 277 cm³/mol. The lowest BCUT2D eigenvalue weighted by atomic mass is 9.75. The van der Waals surface area contributed by atoms with E-state index in [1.165, 1.54) is 20.9 Å². The Bertz CT molecular complexity index is 3370. The highest BCUT2D eigenvalue weighted by Crippen LogP contribution is 2.49. The third kappa shape index (κ3) is 9.25. The summed E-state index contributed by atoms with van der Waals surface area (Å²) in [4.78, 5) is 79.7. The van der Waals surface area contributed by atoms with Crippen molar-refractivity contribution in [2.75, 3.05) is 26.2 Å². The van der Waals surface area contributed by atoms with Crippen molar-refractivity contribution in [2.45, 2.75) is 90.1 Å². The number of fused-ring (bicyclic) bond motifs is 10. The Balaban J connectivity index is 0.000000137. The van der Waals surface area contributed by atoms with Gasteiger partial charge in [-0.1, -0.05) is 27.7 Å². The number of nitrogens with one attached hydrogen (secondary N) is 3. The molecule has 2 aliphatic heterocycles. The smallest absolute Gasteiger partial charge is 0.335 e. The van der Waals surface area contributed by atoms with Gasteiger partial charge in [-0.3, -0.25) is 24.4 Å². The molecule has 0 bridgehead atoms. The Morgan fingerprint density at radius 1 is 0.690 bits per heavy atom. The number of nitrogens with zero attached hydrogens (tertiary/aromatic N) is 6. The molecule has 6 aromatic heterocycles. The lowest BCUT2D eigenvalue weighted by Crippen LogP contribution is -2.38. The first-order chi connectivity index (χ1) is 33.9. The Morgan fingerprint density at radius 3 is 1.66 bits per heavy atom. The van der Waals surface area contributed by atoms with Crippen LogP contribution in [0.2, 0.25) is 0 Å². The molecule has 0 radical (unpaired) electrons. The SMILES string of the molecule is Cc1nc2c(s1)CC(C)(C)c1c-2[nH]c2ccc(C(=O)NC3CCN(C(=O)c4cccnc4)C3)cc12.Cc1nc2c(s1)CC(C)(C)c1c-2[nH]c2ccc(C(=O)O)cc12.NC1CCN(C(=O)c2cccnc2)C1. The molecule has 12 rings (SSSR count). The number of carbonyl (C=O) groups is 4. The van der Waals surface area contributed by atoms with Crippen LogP contribution in [0.15, 0.2) is 85.5 Å². The monoisotopic (exact) mass is 988 g/mol. The third-order valence-corrected chi connectivity index (χ3v) is 15.8. The molecule has 6 N–H and O–H groups in total. The summed E-state index contributed by atoms with van der Waals surface area (Å²) in [6.45, 7) is 15.6. The van der Waals surface area contributed by atoms with Gasteiger partial charge in [0.25, 0.3) is 17.7 Å². The van der Waals surface area contributed by atoms with Crippen molar-refractivity contribution in [3.63, 3.8) is 0 Å². The van der Waals surface area contributed by atoms with Crippen LogP contribution in [0.3, 0.4) is 0 Å². The van der Waals surface area contributed by atoms with Gasteiger partial charge in [-0.25, -0.2) is 14.8 Å². The van der Waals surface area contributed by atoms with E-state index in [0.29, 0.717) is 41.9 Å². The number of carboxylic acids is 1. The van der Waals surface area contributed by atoms with Crippen molar-refractivity contribution in [3.8, 4) is 22.8 Å². The molecule has 8 aromatic rings. The van der Waals surface area contributed by atoms with Crippen molar-refractivity contribution >= 4 is 68.2 Å². The topological polar surface area (TPSA) is 216 Å². The number of aromatic amines is 2. The summed E-state index contributed by atoms with van der Waals surface area (Å²) in [7, 11) is 0. The molecule has 3 amide bonds. The minimum atomic E-state index is -0.893. The summed E-state index contributed by atoms with van der Waals surface area (Å²) in [6, 6.07) is 18.3. The van der Waals surface area contributed by atoms with Crippen LogP contribution in [0.4, 0.5) is 0 Å². The van der Waals surface area contributed by atoms with Crippen LogP contribution < -0.4 is 11.1 Å². The molecular formula is C54H56N10O5S2. The highest BCUT2D eigenvalue weighted by molar-refractivity contribution is 7.12. The molecule has 364 valence electrons. The second-order valence-corrected chi connectivity index (χ2v) is 22.8. The number of H-pyrrole nitrogens is 2. The molecule has 2 aliphatic carbocycles. The number of benzene rings is 2. The summed E-state index contributed by atoms with van der Waals surface area (Å²) in [6.07, 6.45) is 9.99. The fraction of sp³-hybridized carbons (Fsp3) is 0.333. The van der Waals surface area contributed by atoms with E-state index in [2.05, 4.69) is 64.9 Å². The molecule has 2 saturated heterocycles. The van der Waals surface area contributed by atoms with Crippen LogP contribution in [-0.2, 0) is 23.7 Å². The van der Waals surface area contributed by atoms with E-state index in [-0.39, 0.29) is 40.6 Å². The molecule has 0 saturated carbocycles. The number of carbonyl (C=O) groups excluding carboxylic acids is 3. The second-order valence-electron chi connectivity index (χ2n) is 20.2. The number of thiazole rings is 2. The molecule has 8 heterocycles. The van der Waals surface area contributed by atoms with Crippen molar-refractivity contribution in [1.29, 1.82) is 0 Å². The average molecular weight is 989 g/mol. The summed E-state index contributed by atoms with van der Waals surface area (Å²) in [5.74, 6) is -1.02. The molecule has 4 aliphatic rings. The number of pyridine rings is 2. The zero-order valence-corrected chi connectivity index (χ0v) is 42.2. The molecule has 15 nitrogen and oxygen atoms in total. The normalized spacial score (nSPS) is 18.1. The van der Waals surface area contributed by atoms with Crippen LogP contribution in [0.25, 0.3) is 44.6 Å². The number of aromatic carboxylic acids is 1. The number of amides is 3. The van der Waals surface area contributed by atoms with E-state index in [1.54, 1.807) is 93.7 Å². The summed E-state index contributed by atoms with van der Waals surface area (Å²) >= 11 is 3.51. The van der Waals surface area contributed by atoms with E-state index in [4.69, 9.17) is 10.7 Å². The number of rotatable bonds is 5. The minimum Gasteiger partial charge on any atom is -0.478 e. The highest BCUT2D eigenvalue weighted by Gasteiger charge is 2.38. The van der Waals surface area contributed by atoms with Crippen molar-refractivity contribution in [1.82, 2.24) is 45.0 Å². The maximum absolute atomic E-state index is 13.2. The van der Waals surface area contributed by atoms with Crippen LogP contribution in [0.1, 0.15) is 113 Å². The zero-order valence-electron chi connectivity index (χ0n) is 40.6. The van der Waals surface area contributed by atoms with Gasteiger partial charge >= 0.3 is 5.97 Å². The number of likely N-dealkylation sites (tertiary alicyclic amines) is 2. The fourth-order valence-electron chi connectivity index (χ4n) is 10.6. The zero-order chi connectivity index (χ0) is 49.9. The van der Waals surface area contributed by atoms with Gasteiger partial charge in [-0.15, -0.1) is 22.7 Å². The molecule has 0 spiro atoms. The number of aryl methyl sites for hydroxylation is 2. The van der Waals surface area contributed by atoms with E-state index < -0.39 is 5.97 Å². The van der Waals surface area contributed by atoms with Crippen LogP contribution in [0.5, 0.6) is 0 Å². The fourth-order valence-corrected chi connectivity index (χ4v) is 13.0. The standard InChI is InChI=1S/C27H27N5O2S.C17H16N2O2S.C10H13N3O/c1-15-29-23-21(35-15)12-27(2,3)22-19-11-16(6-7-20(19)31-24(22)23)25(33)30-18-8-10-32(14-18)26(34)17-5-4-9-28-13-17;1-8-18-14-12(22-8)7-17(2,3)13-10-6-9(16(20)21)4-5-11(10)19-15(13)14;11-9-3-5-13(7-9)10(14)8-2-1-4-12-6-8/h4-7,9,11,13,18,31H,8,10,12,14H2,1-3H3,(H,30,33);4-6,19H,7H2,1-3H3,(H,20,21);1-2,4,6,9H,3,5,7,11H2. The number of hydrogen-bond donors (Lipinski definition) is 5. The Labute approximate surface area is 419 Å². The Morgan fingerprint density at radius 2 is 1.18 bits per heavy atom. The van der Waals surface area contributed by atoms with Gasteiger partial charge in [0.05, 0.1) is 38.1 Å². The first-order valence-corrected chi connectivity index (χ1v) is 25.5. The lowest BCUT2D eigenvalue weighted by Gasteiger charge is -2.29. The van der Waals surface area contributed by atoms with E-state index in [9.17, 15) is 24.3 Å². The van der Waals surface area contributed by atoms with Crippen molar-refractivity contribution < 1.29 is 24.3 Å². The number of aromatic nitrogens is 6. The lowest BCUT2D eigenvalue weighted by molar-refractivity contribution is 0.0695. The Kier molecular flexibility index (Phi) is 12.5. The maximum Gasteiger partial charge on any atom is 0.335 e.